The lowest BCUT2D eigenvalue weighted by atomic mass is 9.91. The number of nitrogens with one attached hydrogen (secondary N) is 1. The van der Waals surface area contributed by atoms with Crippen molar-refractivity contribution in [2.45, 2.75) is 75.7 Å². The minimum atomic E-state index is -1.00. The third-order valence-electron chi connectivity index (χ3n) is 8.50. The van der Waals surface area contributed by atoms with Gasteiger partial charge >= 0.3 is 5.97 Å². The largest absolute Gasteiger partial charge is 0.480 e. The number of thioether (sulfide) groups is 2. The van der Waals surface area contributed by atoms with E-state index in [2.05, 4.69) is 28.0 Å². The molecule has 1 saturated heterocycles. The van der Waals surface area contributed by atoms with Gasteiger partial charge in [-0.25, -0.2) is 4.79 Å². The molecule has 2 aromatic carbocycles. The van der Waals surface area contributed by atoms with Crippen LogP contribution in [0, 0.1) is 12.8 Å². The quantitative estimate of drug-likeness (QED) is 0.257. The van der Waals surface area contributed by atoms with E-state index in [1.54, 1.807) is 18.9 Å². The number of carboxylic acid groups (broad SMARTS) is 1. The smallest absolute Gasteiger partial charge is 0.326 e. The predicted octanol–water partition coefficient (Wildman–Crippen LogP) is 6.50. The summed E-state index contributed by atoms with van der Waals surface area (Å²) >= 11 is 3.73. The summed E-state index contributed by atoms with van der Waals surface area (Å²) in [5.74, 6) is 1.46. The first-order valence-corrected chi connectivity index (χ1v) is 17.4. The maximum Gasteiger partial charge on any atom is 0.326 e. The zero-order chi connectivity index (χ0) is 29.2. The number of amides is 1. The summed E-state index contributed by atoms with van der Waals surface area (Å²) in [5, 5.41) is 13.1. The first-order valence-electron chi connectivity index (χ1n) is 15.0. The van der Waals surface area contributed by atoms with Crippen LogP contribution in [0.3, 0.4) is 0 Å². The van der Waals surface area contributed by atoms with Gasteiger partial charge in [-0.1, -0.05) is 49.6 Å². The van der Waals surface area contributed by atoms with Crippen LogP contribution in [0.15, 0.2) is 42.5 Å². The van der Waals surface area contributed by atoms with Crippen molar-refractivity contribution in [3.63, 3.8) is 0 Å². The lowest BCUT2D eigenvalue weighted by Gasteiger charge is -2.25. The van der Waals surface area contributed by atoms with E-state index >= 15 is 0 Å². The summed E-state index contributed by atoms with van der Waals surface area (Å²) in [6.45, 7) is 4.60. The molecule has 1 saturated carbocycles. The highest BCUT2D eigenvalue weighted by atomic mass is 32.2. The minimum Gasteiger partial charge on any atom is -0.480 e. The number of likely N-dealkylation sites (tertiary alicyclic amines) is 1. The summed E-state index contributed by atoms with van der Waals surface area (Å²) < 4.78 is 5.63. The number of nitrogens with zero attached hydrogens (tertiary/aromatic N) is 1. The number of aryl methyl sites for hydroxylation is 1. The van der Waals surface area contributed by atoms with Gasteiger partial charge in [-0.3, -0.25) is 9.69 Å². The van der Waals surface area contributed by atoms with Gasteiger partial charge in [0.05, 0.1) is 6.61 Å². The predicted molar refractivity (Wildman–Crippen MR) is 172 cm³/mol. The van der Waals surface area contributed by atoms with Crippen molar-refractivity contribution in [1.29, 1.82) is 0 Å². The number of rotatable bonds is 14. The SMILES string of the molecule is COCC1CC(SCC2CCCCC2)CN1Cc1ccc(C(=O)NC(CCSC)C(=O)O)c(-c2ccccc2C)c1. The number of aliphatic carboxylic acids is 1. The van der Waals surface area contributed by atoms with Crippen molar-refractivity contribution in [2.75, 3.05) is 38.0 Å². The van der Waals surface area contributed by atoms with Gasteiger partial charge in [0.25, 0.3) is 5.91 Å². The molecule has 2 fully saturated rings. The molecule has 224 valence electrons. The number of carbonyl (C=O) groups is 2. The standard InChI is InChI=1S/C33H46N2O4S2/c1-23-9-7-8-12-28(23)30-17-25(13-14-29(30)32(36)34-31(33(37)38)15-16-40-3)19-35-20-27(18-26(35)21-39-2)41-22-24-10-5-4-6-11-24/h7-9,12-14,17,24,26-27,31H,4-6,10-11,15-16,18-22H2,1-3H3,(H,34,36)(H,37,38). The first-order chi connectivity index (χ1) is 19.9. The highest BCUT2D eigenvalue weighted by Crippen LogP contribution is 2.35. The van der Waals surface area contributed by atoms with E-state index in [9.17, 15) is 14.7 Å². The summed E-state index contributed by atoms with van der Waals surface area (Å²) in [7, 11) is 1.79. The summed E-state index contributed by atoms with van der Waals surface area (Å²) in [5.41, 5.74) is 4.57. The molecule has 41 heavy (non-hydrogen) atoms. The van der Waals surface area contributed by atoms with Crippen molar-refractivity contribution in [1.82, 2.24) is 10.2 Å². The summed E-state index contributed by atoms with van der Waals surface area (Å²) in [6, 6.07) is 13.6. The molecule has 2 N–H and O–H groups in total. The summed E-state index contributed by atoms with van der Waals surface area (Å²) in [6.07, 6.45) is 10.4. The van der Waals surface area contributed by atoms with Gasteiger partial charge in [0.1, 0.15) is 6.04 Å². The summed E-state index contributed by atoms with van der Waals surface area (Å²) in [4.78, 5) is 27.8. The normalized spacial score (nSPS) is 20.7. The highest BCUT2D eigenvalue weighted by molar-refractivity contribution is 8.00. The Balaban J connectivity index is 1.53. The second kappa shape index (κ2) is 16.0. The van der Waals surface area contributed by atoms with Crippen LogP contribution in [0.4, 0.5) is 0 Å². The number of methoxy groups -OCH3 is 1. The average Bonchev–Trinajstić information content (AvgIpc) is 3.35. The van der Waals surface area contributed by atoms with Gasteiger partial charge in [0, 0.05) is 37.1 Å². The molecule has 4 rings (SSSR count). The number of carbonyl (C=O) groups excluding carboxylic acids is 1. The Kier molecular flexibility index (Phi) is 12.5. The van der Waals surface area contributed by atoms with Crippen LogP contribution >= 0.6 is 23.5 Å². The molecule has 3 atom stereocenters. The fourth-order valence-electron chi connectivity index (χ4n) is 6.19. The molecule has 0 aromatic heterocycles. The zero-order valence-corrected chi connectivity index (χ0v) is 26.4. The minimum absolute atomic E-state index is 0.346. The lowest BCUT2D eigenvalue weighted by molar-refractivity contribution is -0.139. The highest BCUT2D eigenvalue weighted by Gasteiger charge is 2.33. The molecular formula is C33H46N2O4S2. The Labute approximate surface area is 254 Å². The first kappa shape index (κ1) is 31.9. The van der Waals surface area contributed by atoms with E-state index < -0.39 is 12.0 Å². The molecule has 0 radical (unpaired) electrons. The molecule has 2 aliphatic rings. The Morgan fingerprint density at radius 1 is 1.12 bits per heavy atom. The third-order valence-corrected chi connectivity index (χ3v) is 10.6. The van der Waals surface area contributed by atoms with Crippen molar-refractivity contribution in [3.05, 3.63) is 59.2 Å². The van der Waals surface area contributed by atoms with E-state index in [0.29, 0.717) is 29.0 Å². The Hall–Kier alpha value is -2.00. The molecule has 1 aliphatic carbocycles. The average molecular weight is 599 g/mol. The van der Waals surface area contributed by atoms with Crippen LogP contribution in [0.5, 0.6) is 0 Å². The van der Waals surface area contributed by atoms with E-state index in [4.69, 9.17) is 4.74 Å². The van der Waals surface area contributed by atoms with Gasteiger partial charge in [0.2, 0.25) is 0 Å². The monoisotopic (exact) mass is 598 g/mol. The number of ether oxygens (including phenoxy) is 1. The van der Waals surface area contributed by atoms with E-state index in [-0.39, 0.29) is 5.91 Å². The molecule has 2 aromatic rings. The Bertz CT molecular complexity index is 1150. The molecular weight excluding hydrogens is 553 g/mol. The van der Waals surface area contributed by atoms with E-state index in [1.165, 1.54) is 37.9 Å². The van der Waals surface area contributed by atoms with Crippen LogP contribution < -0.4 is 5.32 Å². The molecule has 0 spiro atoms. The number of hydrogen-bond donors (Lipinski definition) is 2. The second-order valence-corrected chi connectivity index (χ2v) is 13.9. The number of benzene rings is 2. The van der Waals surface area contributed by atoms with Crippen molar-refractivity contribution < 1.29 is 19.4 Å². The molecule has 1 aliphatic heterocycles. The second-order valence-electron chi connectivity index (χ2n) is 11.6. The maximum atomic E-state index is 13.5. The van der Waals surface area contributed by atoms with Gasteiger partial charge in [-0.2, -0.15) is 23.5 Å². The number of hydrogen-bond acceptors (Lipinski definition) is 6. The van der Waals surface area contributed by atoms with Gasteiger partial charge < -0.3 is 15.2 Å². The fraction of sp³-hybridized carbons (Fsp3) is 0.576. The van der Waals surface area contributed by atoms with Crippen molar-refractivity contribution in [2.24, 2.45) is 5.92 Å². The maximum absolute atomic E-state index is 13.5. The Morgan fingerprint density at radius 2 is 1.90 bits per heavy atom. The van der Waals surface area contributed by atoms with Crippen LogP contribution in [0.1, 0.15) is 66.4 Å². The molecule has 6 nitrogen and oxygen atoms in total. The molecule has 1 heterocycles. The lowest BCUT2D eigenvalue weighted by Crippen LogP contribution is -2.41. The van der Waals surface area contributed by atoms with Gasteiger partial charge in [-0.15, -0.1) is 0 Å². The van der Waals surface area contributed by atoms with Gasteiger partial charge in [0.15, 0.2) is 0 Å². The molecule has 3 unspecified atom stereocenters. The van der Waals surface area contributed by atoms with Crippen molar-refractivity contribution >= 4 is 35.4 Å². The van der Waals surface area contributed by atoms with Crippen LogP contribution in [0.2, 0.25) is 0 Å². The zero-order valence-electron chi connectivity index (χ0n) is 24.8. The molecule has 8 heteroatoms. The van der Waals surface area contributed by atoms with E-state index in [1.807, 2.05) is 49.6 Å². The van der Waals surface area contributed by atoms with Gasteiger partial charge in [-0.05, 0) is 90.7 Å². The third kappa shape index (κ3) is 8.99. The molecule has 1 amide bonds. The van der Waals surface area contributed by atoms with Crippen LogP contribution in [-0.4, -0.2) is 77.2 Å². The fourth-order valence-corrected chi connectivity index (χ4v) is 8.20. The van der Waals surface area contributed by atoms with Crippen LogP contribution in [-0.2, 0) is 16.1 Å². The van der Waals surface area contributed by atoms with Crippen molar-refractivity contribution in [3.8, 4) is 11.1 Å². The van der Waals surface area contributed by atoms with E-state index in [0.717, 1.165) is 54.3 Å². The number of carboxylic acids is 1. The molecule has 0 bridgehead atoms. The Morgan fingerprint density at radius 3 is 2.61 bits per heavy atom. The topological polar surface area (TPSA) is 78.9 Å². The van der Waals surface area contributed by atoms with Crippen LogP contribution in [0.25, 0.3) is 11.1 Å².